The number of rotatable bonds is 7. The largest absolute Gasteiger partial charge is 0.352 e. The SMILES string of the molecule is Cc1cc(C)c(S(=O)(=O)Nc2ccccc2C(=O)NCCc2ccccc2)c(C)c1. The first-order valence-corrected chi connectivity index (χ1v) is 11.3. The van der Waals surface area contributed by atoms with Crippen LogP contribution >= 0.6 is 0 Å². The van der Waals surface area contributed by atoms with E-state index in [1.54, 1.807) is 38.1 Å². The zero-order valence-corrected chi connectivity index (χ0v) is 18.2. The number of amides is 1. The van der Waals surface area contributed by atoms with Gasteiger partial charge >= 0.3 is 0 Å². The van der Waals surface area contributed by atoms with E-state index in [2.05, 4.69) is 10.0 Å². The average molecular weight is 423 g/mol. The Bertz CT molecular complexity index is 1130. The van der Waals surface area contributed by atoms with Gasteiger partial charge in [-0.25, -0.2) is 8.42 Å². The fourth-order valence-electron chi connectivity index (χ4n) is 3.62. The molecule has 30 heavy (non-hydrogen) atoms. The van der Waals surface area contributed by atoms with E-state index >= 15 is 0 Å². The van der Waals surface area contributed by atoms with Crippen molar-refractivity contribution in [2.24, 2.45) is 0 Å². The number of anilines is 1. The zero-order chi connectivity index (χ0) is 21.7. The van der Waals surface area contributed by atoms with Crippen LogP contribution in [-0.4, -0.2) is 20.9 Å². The molecule has 0 aliphatic rings. The lowest BCUT2D eigenvalue weighted by atomic mass is 10.1. The summed E-state index contributed by atoms with van der Waals surface area (Å²) >= 11 is 0. The maximum Gasteiger partial charge on any atom is 0.262 e. The Morgan fingerprint density at radius 3 is 2.13 bits per heavy atom. The number of carbonyl (C=O) groups excluding carboxylic acids is 1. The second-order valence-electron chi connectivity index (χ2n) is 7.37. The van der Waals surface area contributed by atoms with Gasteiger partial charge in [0, 0.05) is 6.54 Å². The summed E-state index contributed by atoms with van der Waals surface area (Å²) in [6, 6.07) is 20.2. The molecule has 0 bridgehead atoms. The predicted molar refractivity (Wildman–Crippen MR) is 120 cm³/mol. The lowest BCUT2D eigenvalue weighted by Gasteiger charge is -2.16. The van der Waals surface area contributed by atoms with Crippen LogP contribution in [0.5, 0.6) is 0 Å². The molecule has 0 heterocycles. The topological polar surface area (TPSA) is 75.3 Å². The van der Waals surface area contributed by atoms with Gasteiger partial charge < -0.3 is 5.32 Å². The zero-order valence-electron chi connectivity index (χ0n) is 17.4. The van der Waals surface area contributed by atoms with Crippen molar-refractivity contribution in [3.05, 3.63) is 94.5 Å². The van der Waals surface area contributed by atoms with Crippen LogP contribution < -0.4 is 10.0 Å². The maximum absolute atomic E-state index is 13.1. The molecule has 0 aromatic heterocycles. The lowest BCUT2D eigenvalue weighted by molar-refractivity contribution is 0.0955. The molecule has 1 amide bonds. The highest BCUT2D eigenvalue weighted by Gasteiger charge is 2.22. The fraction of sp³-hybridized carbons (Fsp3) is 0.208. The summed E-state index contributed by atoms with van der Waals surface area (Å²) in [5, 5.41) is 2.87. The molecule has 0 spiro atoms. The van der Waals surface area contributed by atoms with Crippen molar-refractivity contribution in [2.75, 3.05) is 11.3 Å². The van der Waals surface area contributed by atoms with Crippen molar-refractivity contribution < 1.29 is 13.2 Å². The van der Waals surface area contributed by atoms with Gasteiger partial charge in [-0.05, 0) is 56.0 Å². The van der Waals surface area contributed by atoms with Crippen molar-refractivity contribution in [2.45, 2.75) is 32.1 Å². The number of sulfonamides is 1. The first-order valence-electron chi connectivity index (χ1n) is 9.80. The molecule has 0 fully saturated rings. The maximum atomic E-state index is 13.1. The smallest absolute Gasteiger partial charge is 0.262 e. The van der Waals surface area contributed by atoms with Crippen molar-refractivity contribution >= 4 is 21.6 Å². The molecule has 0 atom stereocenters. The first-order chi connectivity index (χ1) is 14.3. The summed E-state index contributed by atoms with van der Waals surface area (Å²) in [5.74, 6) is -0.318. The third-order valence-electron chi connectivity index (χ3n) is 4.83. The van der Waals surface area contributed by atoms with E-state index in [1.165, 1.54) is 0 Å². The number of carbonyl (C=O) groups is 1. The summed E-state index contributed by atoms with van der Waals surface area (Å²) in [6.45, 7) is 5.94. The third-order valence-corrected chi connectivity index (χ3v) is 6.50. The highest BCUT2D eigenvalue weighted by molar-refractivity contribution is 7.92. The number of benzene rings is 3. The van der Waals surface area contributed by atoms with Crippen molar-refractivity contribution in [3.63, 3.8) is 0 Å². The van der Waals surface area contributed by atoms with Crippen LogP contribution in [0.25, 0.3) is 0 Å². The number of para-hydroxylation sites is 1. The van der Waals surface area contributed by atoms with Gasteiger partial charge in [0.2, 0.25) is 0 Å². The second-order valence-corrected chi connectivity index (χ2v) is 8.99. The van der Waals surface area contributed by atoms with Crippen LogP contribution in [0.2, 0.25) is 0 Å². The van der Waals surface area contributed by atoms with E-state index in [0.29, 0.717) is 24.1 Å². The van der Waals surface area contributed by atoms with Gasteiger partial charge in [-0.15, -0.1) is 0 Å². The van der Waals surface area contributed by atoms with Gasteiger partial charge in [-0.3, -0.25) is 9.52 Å². The van der Waals surface area contributed by atoms with Crippen LogP contribution in [0.15, 0.2) is 71.6 Å². The molecule has 0 radical (unpaired) electrons. The molecule has 5 nitrogen and oxygen atoms in total. The van der Waals surface area contributed by atoms with Crippen LogP contribution in [0, 0.1) is 20.8 Å². The monoisotopic (exact) mass is 422 g/mol. The fourth-order valence-corrected chi connectivity index (χ4v) is 5.15. The molecule has 0 unspecified atom stereocenters. The van der Waals surface area contributed by atoms with Gasteiger partial charge in [-0.2, -0.15) is 0 Å². The van der Waals surface area contributed by atoms with E-state index in [0.717, 1.165) is 11.1 Å². The minimum absolute atomic E-state index is 0.243. The quantitative estimate of drug-likeness (QED) is 0.593. The van der Waals surface area contributed by atoms with Gasteiger partial charge in [-0.1, -0.05) is 60.2 Å². The van der Waals surface area contributed by atoms with E-state index in [-0.39, 0.29) is 22.1 Å². The van der Waals surface area contributed by atoms with Crippen LogP contribution in [-0.2, 0) is 16.4 Å². The van der Waals surface area contributed by atoms with E-state index in [1.807, 2.05) is 49.4 Å². The Labute approximate surface area is 178 Å². The highest BCUT2D eigenvalue weighted by Crippen LogP contribution is 2.26. The highest BCUT2D eigenvalue weighted by atomic mass is 32.2. The summed E-state index contributed by atoms with van der Waals surface area (Å²) < 4.78 is 28.8. The van der Waals surface area contributed by atoms with E-state index in [4.69, 9.17) is 0 Å². The molecule has 2 N–H and O–H groups in total. The normalized spacial score (nSPS) is 11.2. The lowest BCUT2D eigenvalue weighted by Crippen LogP contribution is -2.27. The number of aryl methyl sites for hydroxylation is 3. The van der Waals surface area contributed by atoms with Crippen molar-refractivity contribution in [3.8, 4) is 0 Å². The van der Waals surface area contributed by atoms with Crippen LogP contribution in [0.3, 0.4) is 0 Å². The van der Waals surface area contributed by atoms with Crippen LogP contribution in [0.1, 0.15) is 32.6 Å². The average Bonchev–Trinajstić information content (AvgIpc) is 2.67. The Morgan fingerprint density at radius 1 is 0.867 bits per heavy atom. The Morgan fingerprint density at radius 2 is 1.47 bits per heavy atom. The predicted octanol–water partition coefficient (Wildman–Crippen LogP) is 4.39. The summed E-state index contributed by atoms with van der Waals surface area (Å²) in [6.07, 6.45) is 0.697. The molecule has 0 aliphatic carbocycles. The summed E-state index contributed by atoms with van der Waals surface area (Å²) in [5.41, 5.74) is 4.01. The molecule has 3 rings (SSSR count). The van der Waals surface area contributed by atoms with Crippen LogP contribution in [0.4, 0.5) is 5.69 Å². The summed E-state index contributed by atoms with van der Waals surface area (Å²) in [4.78, 5) is 13.0. The van der Waals surface area contributed by atoms with Gasteiger partial charge in [0.05, 0.1) is 16.1 Å². The molecule has 6 heteroatoms. The summed E-state index contributed by atoms with van der Waals surface area (Å²) in [7, 11) is -3.84. The molecule has 156 valence electrons. The minimum atomic E-state index is -3.84. The standard InChI is InChI=1S/C24H26N2O3S/c1-17-15-18(2)23(19(3)16-17)30(28,29)26-22-12-8-7-11-21(22)24(27)25-14-13-20-9-5-4-6-10-20/h4-12,15-16,26H,13-14H2,1-3H3,(H,25,27). The van der Waals surface area contributed by atoms with E-state index in [9.17, 15) is 13.2 Å². The number of hydrogen-bond acceptors (Lipinski definition) is 3. The molecule has 0 saturated carbocycles. The number of nitrogens with one attached hydrogen (secondary N) is 2. The molecular weight excluding hydrogens is 396 g/mol. The van der Waals surface area contributed by atoms with Crippen molar-refractivity contribution in [1.29, 1.82) is 0 Å². The minimum Gasteiger partial charge on any atom is -0.352 e. The molecular formula is C24H26N2O3S. The molecule has 0 aliphatic heterocycles. The van der Waals surface area contributed by atoms with Gasteiger partial charge in [0.1, 0.15) is 0 Å². The second kappa shape index (κ2) is 9.13. The molecule has 3 aromatic carbocycles. The molecule has 3 aromatic rings. The Balaban J connectivity index is 1.79. The van der Waals surface area contributed by atoms with E-state index < -0.39 is 10.0 Å². The van der Waals surface area contributed by atoms with Gasteiger partial charge in [0.25, 0.3) is 15.9 Å². The van der Waals surface area contributed by atoms with Crippen molar-refractivity contribution in [1.82, 2.24) is 5.32 Å². The third kappa shape index (κ3) is 5.07. The molecule has 0 saturated heterocycles. The Kier molecular flexibility index (Phi) is 6.57. The Hall–Kier alpha value is -3.12. The number of hydrogen-bond donors (Lipinski definition) is 2. The van der Waals surface area contributed by atoms with Gasteiger partial charge in [0.15, 0.2) is 0 Å². The first kappa shape index (κ1) is 21.6.